The quantitative estimate of drug-likeness (QED) is 0.149. The van der Waals surface area contributed by atoms with Crippen LogP contribution in [0.4, 0.5) is 0 Å². The van der Waals surface area contributed by atoms with Gasteiger partial charge in [-0.25, -0.2) is 8.37 Å². The van der Waals surface area contributed by atoms with Crippen LogP contribution < -0.4 is 0 Å². The van der Waals surface area contributed by atoms with Gasteiger partial charge in [-0.15, -0.1) is 0 Å². The molecule has 3 saturated carbocycles. The molecule has 18 nitrogen and oxygen atoms in total. The van der Waals surface area contributed by atoms with E-state index in [4.69, 9.17) is 36.8 Å². The summed E-state index contributed by atoms with van der Waals surface area (Å²) in [5.74, 6) is 0.300. The summed E-state index contributed by atoms with van der Waals surface area (Å²) in [5, 5.41) is 43.1. The molecule has 6 N–H and O–H groups in total. The average Bonchev–Trinajstić information content (AvgIpc) is 3.58. The van der Waals surface area contributed by atoms with Crippen LogP contribution >= 0.6 is 0 Å². The summed E-state index contributed by atoms with van der Waals surface area (Å²) in [6.07, 6.45) is -9.34. The Morgan fingerprint density at radius 3 is 2.28 bits per heavy atom. The normalized spacial score (nSPS) is 52.1. The van der Waals surface area contributed by atoms with Crippen molar-refractivity contribution in [2.75, 3.05) is 13.2 Å². The van der Waals surface area contributed by atoms with Crippen molar-refractivity contribution in [3.8, 4) is 0 Å². The third-order valence-electron chi connectivity index (χ3n) is 15.5. The first-order chi connectivity index (χ1) is 27.0. The van der Waals surface area contributed by atoms with Crippen LogP contribution in [-0.4, -0.2) is 139 Å². The summed E-state index contributed by atoms with van der Waals surface area (Å²) in [5.41, 5.74) is 1.12. The van der Waals surface area contributed by atoms with Crippen molar-refractivity contribution < 1.29 is 83.2 Å². The topological polar surface area (TPSA) is 263 Å². The molecule has 4 aliphatic heterocycles. The molecular formula is C38H58O18S2. The van der Waals surface area contributed by atoms with Gasteiger partial charge in [-0.05, 0) is 74.5 Å². The van der Waals surface area contributed by atoms with Gasteiger partial charge in [0.1, 0.15) is 36.6 Å². The number of allylic oxidation sites excluding steroid dienone is 1. The Morgan fingerprint density at radius 1 is 0.879 bits per heavy atom. The first-order valence-electron chi connectivity index (χ1n) is 20.3. The number of ether oxygens (including phenoxy) is 6. The molecule has 20 atom stereocenters. The number of aliphatic hydroxyl groups excluding tert-OH is 4. The van der Waals surface area contributed by atoms with Gasteiger partial charge in [-0.2, -0.15) is 16.8 Å². The highest BCUT2D eigenvalue weighted by atomic mass is 32.3. The number of aliphatic hydroxyl groups is 4. The molecule has 4 aliphatic carbocycles. The van der Waals surface area contributed by atoms with E-state index in [0.717, 1.165) is 49.7 Å². The molecule has 0 amide bonds. The Labute approximate surface area is 339 Å². The third-order valence-corrected chi connectivity index (χ3v) is 16.5. The maximum atomic E-state index is 12.1. The molecule has 4 heterocycles. The van der Waals surface area contributed by atoms with E-state index in [0.29, 0.717) is 6.61 Å². The Morgan fingerprint density at radius 2 is 1.60 bits per heavy atom. The molecule has 7 fully saturated rings. The maximum absolute atomic E-state index is 12.1. The third kappa shape index (κ3) is 7.47. The van der Waals surface area contributed by atoms with Crippen molar-refractivity contribution in [2.45, 2.75) is 158 Å². The number of rotatable bonds is 8. The average molecular weight is 867 g/mol. The van der Waals surface area contributed by atoms with E-state index < -0.39 is 106 Å². The lowest BCUT2D eigenvalue weighted by Gasteiger charge is -2.60. The Bertz CT molecular complexity index is 1830. The van der Waals surface area contributed by atoms with Crippen LogP contribution in [0.15, 0.2) is 23.8 Å². The Kier molecular flexibility index (Phi) is 11.4. The van der Waals surface area contributed by atoms with Crippen LogP contribution in [-0.2, 0) is 57.6 Å². The minimum Gasteiger partial charge on any atom is -0.388 e. The minimum atomic E-state index is -5.10. The van der Waals surface area contributed by atoms with Crippen LogP contribution in [0.1, 0.15) is 79.1 Å². The lowest BCUT2D eigenvalue weighted by molar-refractivity contribution is -0.361. The summed E-state index contributed by atoms with van der Waals surface area (Å²) in [6.45, 7) is 12.1. The first-order valence-corrected chi connectivity index (χ1v) is 23.1. The second-order valence-corrected chi connectivity index (χ2v) is 20.6. The van der Waals surface area contributed by atoms with Gasteiger partial charge in [-0.1, -0.05) is 44.6 Å². The van der Waals surface area contributed by atoms with Crippen LogP contribution in [0.25, 0.3) is 0 Å². The zero-order chi connectivity index (χ0) is 41.9. The molecule has 4 saturated heterocycles. The first kappa shape index (κ1) is 43.5. The van der Waals surface area contributed by atoms with Gasteiger partial charge >= 0.3 is 20.8 Å². The van der Waals surface area contributed by atoms with E-state index in [1.165, 1.54) is 6.92 Å². The summed E-state index contributed by atoms with van der Waals surface area (Å²) in [6, 6.07) is 0. The van der Waals surface area contributed by atoms with Crippen LogP contribution in [0.2, 0.25) is 0 Å². The van der Waals surface area contributed by atoms with Crippen molar-refractivity contribution in [1.82, 2.24) is 0 Å². The molecule has 8 aliphatic rings. The van der Waals surface area contributed by atoms with Gasteiger partial charge in [0.15, 0.2) is 18.4 Å². The fraction of sp³-hybridized carbons (Fsp3) is 0.895. The SMILES string of the molecule is C=C1CCC2(OC1)OC1CC3C4CC=C5CC(OS(=O)(=O)O)CC(OC6OCC(OS(=O)(=O)O)C(O)C6OC6OC(C)C(O)C(O)C6O)C5(C)C4CCC3(C)C1C2C. The highest BCUT2D eigenvalue weighted by molar-refractivity contribution is 7.81. The van der Waals surface area contributed by atoms with E-state index in [-0.39, 0.29) is 54.0 Å². The van der Waals surface area contributed by atoms with E-state index in [9.17, 15) is 46.4 Å². The molecule has 0 aromatic rings. The Hall–Kier alpha value is -1.18. The van der Waals surface area contributed by atoms with Gasteiger partial charge in [0.25, 0.3) is 0 Å². The predicted octanol–water partition coefficient (Wildman–Crippen LogP) is 1.57. The zero-order valence-electron chi connectivity index (χ0n) is 33.1. The largest absolute Gasteiger partial charge is 0.397 e. The molecule has 20 unspecified atom stereocenters. The molecule has 0 aromatic heterocycles. The summed E-state index contributed by atoms with van der Waals surface area (Å²) < 4.78 is 114. The second kappa shape index (κ2) is 15.3. The van der Waals surface area contributed by atoms with E-state index in [2.05, 4.69) is 33.4 Å². The van der Waals surface area contributed by atoms with E-state index in [1.807, 2.05) is 0 Å². The molecule has 1 spiro atoms. The molecular weight excluding hydrogens is 809 g/mol. The number of hydrogen-bond donors (Lipinski definition) is 6. The van der Waals surface area contributed by atoms with Crippen molar-refractivity contribution in [3.05, 3.63) is 23.8 Å². The maximum Gasteiger partial charge on any atom is 0.397 e. The molecule has 0 aromatic carbocycles. The zero-order valence-corrected chi connectivity index (χ0v) is 34.7. The van der Waals surface area contributed by atoms with Crippen molar-refractivity contribution in [2.24, 2.45) is 40.4 Å². The highest BCUT2D eigenvalue weighted by Crippen LogP contribution is 2.71. The lowest BCUT2D eigenvalue weighted by atomic mass is 9.46. The molecule has 0 radical (unpaired) electrons. The van der Waals surface area contributed by atoms with Crippen LogP contribution in [0, 0.1) is 40.4 Å². The van der Waals surface area contributed by atoms with Gasteiger partial charge in [0.2, 0.25) is 0 Å². The lowest BCUT2D eigenvalue weighted by Crippen LogP contribution is -2.64. The second-order valence-electron chi connectivity index (χ2n) is 18.5. The van der Waals surface area contributed by atoms with Gasteiger partial charge < -0.3 is 48.8 Å². The van der Waals surface area contributed by atoms with Gasteiger partial charge in [0, 0.05) is 24.2 Å². The monoisotopic (exact) mass is 866 g/mol. The molecule has 0 bridgehead atoms. The minimum absolute atomic E-state index is 0.0177. The van der Waals surface area contributed by atoms with Gasteiger partial charge in [-0.3, -0.25) is 9.11 Å². The molecule has 8 rings (SSSR count). The standard InChI is InChI=1S/C38H58O18S2/c1-17-8-11-38(50-15-17)18(2)28-25(54-38)14-24-22-7-6-20-12-21(55-57(43,44)45)13-27(37(20,5)23(22)9-10-36(24,28)4)52-35-33(30(40)26(16-49-35)56-58(46,47)48)53-34-32(42)31(41)29(39)19(3)51-34/h6,18-19,21-35,39-42H,1,7-16H2,2-5H3,(H,43,44,45)(H,46,47,48). The fourth-order valence-electron chi connectivity index (χ4n) is 12.7. The van der Waals surface area contributed by atoms with Crippen molar-refractivity contribution in [1.29, 1.82) is 0 Å². The van der Waals surface area contributed by atoms with Crippen molar-refractivity contribution in [3.63, 3.8) is 0 Å². The van der Waals surface area contributed by atoms with Crippen molar-refractivity contribution >= 4 is 20.8 Å². The van der Waals surface area contributed by atoms with Gasteiger partial charge in [0.05, 0.1) is 37.6 Å². The van der Waals surface area contributed by atoms with E-state index in [1.54, 1.807) is 0 Å². The summed E-state index contributed by atoms with van der Waals surface area (Å²) in [4.78, 5) is 0. The van der Waals surface area contributed by atoms with Crippen LogP contribution in [0.3, 0.4) is 0 Å². The summed E-state index contributed by atoms with van der Waals surface area (Å²) in [7, 11) is -9.99. The summed E-state index contributed by atoms with van der Waals surface area (Å²) >= 11 is 0. The predicted molar refractivity (Wildman–Crippen MR) is 198 cm³/mol. The van der Waals surface area contributed by atoms with Crippen LogP contribution in [0.5, 0.6) is 0 Å². The molecule has 58 heavy (non-hydrogen) atoms. The smallest absolute Gasteiger partial charge is 0.388 e. The van der Waals surface area contributed by atoms with E-state index >= 15 is 0 Å². The number of hydrogen-bond acceptors (Lipinski definition) is 16. The molecule has 20 heteroatoms. The fourth-order valence-corrected chi connectivity index (χ4v) is 13.6. The highest BCUT2D eigenvalue weighted by Gasteiger charge is 2.69. The number of fused-ring (bicyclic) bond motifs is 7. The molecule has 330 valence electrons. The Balaban J connectivity index is 1.10.